The summed E-state index contributed by atoms with van der Waals surface area (Å²) in [5.74, 6) is -0.411. The van der Waals surface area contributed by atoms with Gasteiger partial charge in [-0.25, -0.2) is 14.4 Å². The zero-order valence-electron chi connectivity index (χ0n) is 20.9. The second kappa shape index (κ2) is 11.7. The molecule has 8 nitrogen and oxygen atoms in total. The zero-order valence-corrected chi connectivity index (χ0v) is 21.9. The van der Waals surface area contributed by atoms with E-state index in [1.165, 1.54) is 7.11 Å². The average molecular weight is 471 g/mol. The normalized spacial score (nSPS) is 17.2. The van der Waals surface area contributed by atoms with Crippen molar-refractivity contribution in [2.24, 2.45) is 5.92 Å². The molecule has 0 aromatic rings. The summed E-state index contributed by atoms with van der Waals surface area (Å²) in [6.07, 6.45) is 2.65. The van der Waals surface area contributed by atoms with E-state index in [-0.39, 0.29) is 18.4 Å². The highest BCUT2D eigenvalue weighted by atomic mass is 28.3. The van der Waals surface area contributed by atoms with E-state index in [4.69, 9.17) is 14.2 Å². The zero-order chi connectivity index (χ0) is 24.6. The first kappa shape index (κ1) is 28.0. The van der Waals surface area contributed by atoms with Crippen molar-refractivity contribution in [1.82, 2.24) is 10.2 Å². The molecule has 0 radical (unpaired) electrons. The minimum Gasteiger partial charge on any atom is -0.467 e. The molecule has 1 aliphatic heterocycles. The van der Waals surface area contributed by atoms with Crippen LogP contribution < -0.4 is 5.32 Å². The van der Waals surface area contributed by atoms with Crippen LogP contribution in [-0.4, -0.2) is 69.1 Å². The quantitative estimate of drug-likeness (QED) is 0.229. The highest BCUT2D eigenvalue weighted by molar-refractivity contribution is 6.76. The number of rotatable bonds is 9. The van der Waals surface area contributed by atoms with Crippen LogP contribution in [-0.2, 0) is 19.0 Å². The Hall–Kier alpha value is -2.03. The summed E-state index contributed by atoms with van der Waals surface area (Å²) in [6, 6.07) is 0.939. The fraction of sp³-hybridized carbons (Fsp3) is 0.783. The molecule has 2 amide bonds. The number of piperidine rings is 1. The van der Waals surface area contributed by atoms with E-state index >= 15 is 0 Å². The number of esters is 1. The molecule has 0 aromatic heterocycles. The van der Waals surface area contributed by atoms with E-state index < -0.39 is 31.3 Å². The first-order valence-electron chi connectivity index (χ1n) is 11.3. The van der Waals surface area contributed by atoms with Gasteiger partial charge in [-0.3, -0.25) is 0 Å². The SMILES string of the molecule is C=CC[C@@](CC1CCN(C(=O)OCC[Si](C)(C)C)CC1)(NC(=O)OC(C)(C)C)C(=O)OC. The molecule has 0 aromatic carbocycles. The lowest BCUT2D eigenvalue weighted by Gasteiger charge is -2.38. The molecule has 1 aliphatic rings. The number of carbonyl (C=O) groups is 3. The molecule has 0 aliphatic carbocycles. The van der Waals surface area contributed by atoms with Crippen molar-refractivity contribution in [3.8, 4) is 0 Å². The fourth-order valence-corrected chi connectivity index (χ4v) is 4.41. The number of ether oxygens (including phenoxy) is 3. The van der Waals surface area contributed by atoms with Gasteiger partial charge >= 0.3 is 18.2 Å². The van der Waals surface area contributed by atoms with Gasteiger partial charge in [0.15, 0.2) is 0 Å². The number of methoxy groups -OCH3 is 1. The first-order valence-corrected chi connectivity index (χ1v) is 15.0. The molecule has 1 atom stereocenters. The number of nitrogens with zero attached hydrogens (tertiary/aromatic N) is 1. The summed E-state index contributed by atoms with van der Waals surface area (Å²) in [5.41, 5.74) is -1.95. The summed E-state index contributed by atoms with van der Waals surface area (Å²) in [7, 11) is 0.0468. The van der Waals surface area contributed by atoms with Crippen molar-refractivity contribution in [3.63, 3.8) is 0 Å². The van der Waals surface area contributed by atoms with Crippen molar-refractivity contribution in [2.75, 3.05) is 26.8 Å². The summed E-state index contributed by atoms with van der Waals surface area (Å²) in [5, 5.41) is 2.75. The molecule has 1 N–H and O–H groups in total. The summed E-state index contributed by atoms with van der Waals surface area (Å²) in [6.45, 7) is 17.3. The second-order valence-corrected chi connectivity index (χ2v) is 16.4. The van der Waals surface area contributed by atoms with Gasteiger partial charge in [-0.15, -0.1) is 6.58 Å². The molecule has 32 heavy (non-hydrogen) atoms. The summed E-state index contributed by atoms with van der Waals surface area (Å²) >= 11 is 0. The third-order valence-corrected chi connectivity index (χ3v) is 7.10. The van der Waals surface area contributed by atoms with E-state index in [0.29, 0.717) is 39.0 Å². The van der Waals surface area contributed by atoms with Crippen LogP contribution >= 0.6 is 0 Å². The van der Waals surface area contributed by atoms with Crippen molar-refractivity contribution in [3.05, 3.63) is 12.7 Å². The molecule has 9 heteroatoms. The topological polar surface area (TPSA) is 94.2 Å². The Kier molecular flexibility index (Phi) is 10.3. The van der Waals surface area contributed by atoms with Crippen molar-refractivity contribution in [2.45, 2.75) is 83.3 Å². The standard InChI is InChI=1S/C23H42N2O6Si/c1-9-12-23(19(26)29-5,24-20(27)31-22(2,3)4)17-18-10-13-25(14-11-18)21(28)30-15-16-32(6,7)8/h9,18H,1,10-17H2,2-8H3,(H,24,27)/t23-/m0/s1. The smallest absolute Gasteiger partial charge is 0.409 e. The van der Waals surface area contributed by atoms with E-state index in [1.807, 2.05) is 0 Å². The van der Waals surface area contributed by atoms with Gasteiger partial charge in [-0.2, -0.15) is 0 Å². The average Bonchev–Trinajstić information content (AvgIpc) is 2.65. The molecule has 0 bridgehead atoms. The maximum Gasteiger partial charge on any atom is 0.409 e. The van der Waals surface area contributed by atoms with Gasteiger partial charge in [-0.1, -0.05) is 25.7 Å². The Labute approximate surface area is 194 Å². The van der Waals surface area contributed by atoms with Crippen LogP contribution in [0.1, 0.15) is 46.5 Å². The largest absolute Gasteiger partial charge is 0.467 e. The number of carbonyl (C=O) groups excluding carboxylic acids is 3. The minimum absolute atomic E-state index is 0.120. The van der Waals surface area contributed by atoms with Crippen LogP contribution in [0.2, 0.25) is 25.7 Å². The number of amides is 2. The number of likely N-dealkylation sites (tertiary alicyclic amines) is 1. The van der Waals surface area contributed by atoms with Gasteiger partial charge in [0.1, 0.15) is 11.1 Å². The Morgan fingerprint density at radius 2 is 1.75 bits per heavy atom. The van der Waals surface area contributed by atoms with Gasteiger partial charge in [-0.05, 0) is 58.4 Å². The number of hydrogen-bond donors (Lipinski definition) is 1. The molecule has 1 saturated heterocycles. The van der Waals surface area contributed by atoms with E-state index in [0.717, 1.165) is 6.04 Å². The molecule has 184 valence electrons. The Morgan fingerprint density at radius 1 is 1.16 bits per heavy atom. The lowest BCUT2D eigenvalue weighted by molar-refractivity contribution is -0.149. The molecule has 1 rings (SSSR count). The Balaban J connectivity index is 2.77. The molecule has 0 spiro atoms. The molecule has 0 unspecified atom stereocenters. The van der Waals surface area contributed by atoms with Crippen LogP contribution in [0, 0.1) is 5.92 Å². The lowest BCUT2D eigenvalue weighted by Crippen LogP contribution is -2.57. The van der Waals surface area contributed by atoms with E-state index in [2.05, 4.69) is 31.5 Å². The molecular weight excluding hydrogens is 428 g/mol. The maximum atomic E-state index is 12.7. The minimum atomic E-state index is -1.26. The Bertz CT molecular complexity index is 662. The van der Waals surface area contributed by atoms with Crippen molar-refractivity contribution >= 4 is 26.2 Å². The molecule has 0 saturated carbocycles. The molecule has 1 heterocycles. The van der Waals surface area contributed by atoms with Gasteiger partial charge in [0.2, 0.25) is 0 Å². The number of nitrogens with one attached hydrogen (secondary N) is 1. The van der Waals surface area contributed by atoms with Gasteiger partial charge in [0, 0.05) is 21.2 Å². The van der Waals surface area contributed by atoms with Gasteiger partial charge in [0.05, 0.1) is 13.7 Å². The monoisotopic (exact) mass is 470 g/mol. The highest BCUT2D eigenvalue weighted by Crippen LogP contribution is 2.31. The van der Waals surface area contributed by atoms with E-state index in [1.54, 1.807) is 31.7 Å². The molecule has 1 fully saturated rings. The number of hydrogen-bond acceptors (Lipinski definition) is 6. The second-order valence-electron chi connectivity index (χ2n) is 10.8. The lowest BCUT2D eigenvalue weighted by atomic mass is 9.80. The first-order chi connectivity index (χ1) is 14.7. The predicted molar refractivity (Wildman–Crippen MR) is 127 cm³/mol. The van der Waals surface area contributed by atoms with Crippen LogP contribution in [0.4, 0.5) is 9.59 Å². The summed E-state index contributed by atoms with van der Waals surface area (Å²) in [4.78, 5) is 39.3. The Morgan fingerprint density at radius 3 is 2.22 bits per heavy atom. The summed E-state index contributed by atoms with van der Waals surface area (Å²) < 4.78 is 15.9. The van der Waals surface area contributed by atoms with Crippen LogP contribution in [0.5, 0.6) is 0 Å². The van der Waals surface area contributed by atoms with Gasteiger partial charge in [0.25, 0.3) is 0 Å². The van der Waals surface area contributed by atoms with Crippen LogP contribution in [0.15, 0.2) is 12.7 Å². The van der Waals surface area contributed by atoms with Crippen molar-refractivity contribution in [1.29, 1.82) is 0 Å². The number of alkyl carbamates (subject to hydrolysis) is 1. The third-order valence-electron chi connectivity index (χ3n) is 5.40. The third kappa shape index (κ3) is 9.63. The van der Waals surface area contributed by atoms with Crippen LogP contribution in [0.3, 0.4) is 0 Å². The molecular formula is C23H42N2O6Si. The highest BCUT2D eigenvalue weighted by Gasteiger charge is 2.43. The van der Waals surface area contributed by atoms with E-state index in [9.17, 15) is 14.4 Å². The maximum absolute atomic E-state index is 12.7. The van der Waals surface area contributed by atoms with Crippen molar-refractivity contribution < 1.29 is 28.6 Å². The fourth-order valence-electron chi connectivity index (χ4n) is 3.69. The van der Waals surface area contributed by atoms with Gasteiger partial charge < -0.3 is 24.4 Å². The predicted octanol–water partition coefficient (Wildman–Crippen LogP) is 4.58. The van der Waals surface area contributed by atoms with Crippen LogP contribution in [0.25, 0.3) is 0 Å².